The van der Waals surface area contributed by atoms with Crippen molar-refractivity contribution >= 4 is 11.9 Å². The fourth-order valence-electron chi connectivity index (χ4n) is 3.52. The lowest BCUT2D eigenvalue weighted by molar-refractivity contribution is -0.182. The third kappa shape index (κ3) is 15.4. The molecular formula is C24H46O5. The highest BCUT2D eigenvalue weighted by Crippen LogP contribution is 2.22. The van der Waals surface area contributed by atoms with E-state index in [1.165, 1.54) is 97.3 Å². The van der Waals surface area contributed by atoms with Crippen molar-refractivity contribution in [3.8, 4) is 0 Å². The van der Waals surface area contributed by atoms with Crippen LogP contribution in [0.15, 0.2) is 0 Å². The highest BCUT2D eigenvalue weighted by Gasteiger charge is 2.37. The van der Waals surface area contributed by atoms with Gasteiger partial charge in [0.1, 0.15) is 6.10 Å². The van der Waals surface area contributed by atoms with Gasteiger partial charge >= 0.3 is 11.9 Å². The highest BCUT2D eigenvalue weighted by atomic mass is 16.6. The highest BCUT2D eigenvalue weighted by molar-refractivity contribution is 5.82. The van der Waals surface area contributed by atoms with Gasteiger partial charge in [0.05, 0.1) is 0 Å². The van der Waals surface area contributed by atoms with E-state index in [-0.39, 0.29) is 6.42 Å². The van der Waals surface area contributed by atoms with Gasteiger partial charge in [0.2, 0.25) is 5.60 Å². The molecule has 0 radical (unpaired) electrons. The van der Waals surface area contributed by atoms with E-state index < -0.39 is 23.6 Å². The van der Waals surface area contributed by atoms with E-state index in [1.54, 1.807) is 0 Å². The molecule has 0 spiro atoms. The first-order valence-electron chi connectivity index (χ1n) is 12.0. The van der Waals surface area contributed by atoms with Crippen LogP contribution in [0.1, 0.15) is 130 Å². The van der Waals surface area contributed by atoms with Crippen molar-refractivity contribution in [3.63, 3.8) is 0 Å². The van der Waals surface area contributed by atoms with E-state index in [2.05, 4.69) is 6.92 Å². The van der Waals surface area contributed by atoms with Crippen LogP contribution in [0.5, 0.6) is 0 Å². The summed E-state index contributed by atoms with van der Waals surface area (Å²) in [5, 5.41) is 18.5. The Morgan fingerprint density at radius 1 is 0.759 bits per heavy atom. The molecule has 2 atom stereocenters. The van der Waals surface area contributed by atoms with E-state index in [1.807, 2.05) is 0 Å². The number of carbonyl (C=O) groups is 2. The Labute approximate surface area is 178 Å². The van der Waals surface area contributed by atoms with Gasteiger partial charge in [-0.3, -0.25) is 0 Å². The van der Waals surface area contributed by atoms with Gasteiger partial charge in [0, 0.05) is 0 Å². The predicted octanol–water partition coefficient (Wildman–Crippen LogP) is 6.41. The average Bonchev–Trinajstić information content (AvgIpc) is 2.67. The summed E-state index contributed by atoms with van der Waals surface area (Å²) in [7, 11) is 0. The number of esters is 1. The minimum Gasteiger partial charge on any atom is -0.478 e. The maximum Gasteiger partial charge on any atom is 0.347 e. The molecule has 0 amide bonds. The molecule has 0 fully saturated rings. The van der Waals surface area contributed by atoms with Crippen LogP contribution in [0.2, 0.25) is 0 Å². The lowest BCUT2D eigenvalue weighted by atomic mass is 9.97. The molecule has 172 valence electrons. The van der Waals surface area contributed by atoms with Crippen LogP contribution in [-0.4, -0.2) is 33.9 Å². The lowest BCUT2D eigenvalue weighted by Gasteiger charge is -2.25. The summed E-state index contributed by atoms with van der Waals surface area (Å²) in [5.74, 6) is -2.04. The number of unbranched alkanes of at least 4 members (excludes halogenated alkanes) is 15. The SMILES string of the molecule is CCCCCCCCCCCCCCCCCCC(C)(OC(=O)C(C)O)C(=O)O. The summed E-state index contributed by atoms with van der Waals surface area (Å²) in [6.45, 7) is 4.94. The zero-order valence-corrected chi connectivity index (χ0v) is 19.2. The van der Waals surface area contributed by atoms with Gasteiger partial charge in [0.15, 0.2) is 0 Å². The Morgan fingerprint density at radius 2 is 1.10 bits per heavy atom. The van der Waals surface area contributed by atoms with Gasteiger partial charge in [-0.05, 0) is 26.7 Å². The topological polar surface area (TPSA) is 83.8 Å². The quantitative estimate of drug-likeness (QED) is 0.178. The largest absolute Gasteiger partial charge is 0.478 e. The van der Waals surface area contributed by atoms with Gasteiger partial charge in [-0.15, -0.1) is 0 Å². The van der Waals surface area contributed by atoms with Crippen LogP contribution in [0, 0.1) is 0 Å². The van der Waals surface area contributed by atoms with Crippen molar-refractivity contribution in [3.05, 3.63) is 0 Å². The number of carboxylic acids is 1. The van der Waals surface area contributed by atoms with Crippen molar-refractivity contribution in [1.82, 2.24) is 0 Å². The van der Waals surface area contributed by atoms with Crippen molar-refractivity contribution in [2.24, 2.45) is 0 Å². The molecule has 0 aromatic carbocycles. The molecule has 0 aromatic heterocycles. The Bertz CT molecular complexity index is 421. The first-order chi connectivity index (χ1) is 13.8. The summed E-state index contributed by atoms with van der Waals surface area (Å²) < 4.78 is 5.00. The molecule has 0 rings (SSSR count). The van der Waals surface area contributed by atoms with Crippen molar-refractivity contribution in [2.45, 2.75) is 142 Å². The van der Waals surface area contributed by atoms with Crippen molar-refractivity contribution in [1.29, 1.82) is 0 Å². The molecule has 0 aliphatic heterocycles. The summed E-state index contributed by atoms with van der Waals surface area (Å²) >= 11 is 0. The maximum atomic E-state index is 11.5. The standard InChI is InChI=1S/C24H46O5/c1-4-5-6-7-8-9-10-11-12-13-14-15-16-17-18-19-20-24(3,23(27)28)29-22(26)21(2)25/h21,25H,4-20H2,1-3H3,(H,27,28). The van der Waals surface area contributed by atoms with E-state index in [9.17, 15) is 19.8 Å². The van der Waals surface area contributed by atoms with Gasteiger partial charge < -0.3 is 14.9 Å². The number of aliphatic hydroxyl groups is 1. The second kappa shape index (κ2) is 17.7. The van der Waals surface area contributed by atoms with Crippen LogP contribution in [0.25, 0.3) is 0 Å². The summed E-state index contributed by atoms with van der Waals surface area (Å²) in [5.41, 5.74) is -1.55. The van der Waals surface area contributed by atoms with Crippen LogP contribution in [0.4, 0.5) is 0 Å². The Kier molecular flexibility index (Phi) is 17.1. The number of hydrogen-bond donors (Lipinski definition) is 2. The molecule has 29 heavy (non-hydrogen) atoms. The molecule has 5 nitrogen and oxygen atoms in total. The fourth-order valence-corrected chi connectivity index (χ4v) is 3.52. The Morgan fingerprint density at radius 3 is 1.41 bits per heavy atom. The number of hydrogen-bond acceptors (Lipinski definition) is 4. The van der Waals surface area contributed by atoms with E-state index in [0.29, 0.717) is 6.42 Å². The normalized spacial score (nSPS) is 14.3. The van der Waals surface area contributed by atoms with Crippen LogP contribution < -0.4 is 0 Å². The first-order valence-corrected chi connectivity index (χ1v) is 12.0. The molecule has 0 heterocycles. The number of aliphatic hydroxyl groups excluding tert-OH is 1. The van der Waals surface area contributed by atoms with Gasteiger partial charge in [0.25, 0.3) is 0 Å². The number of carboxylic acid groups (broad SMARTS) is 1. The molecule has 0 bridgehead atoms. The smallest absolute Gasteiger partial charge is 0.347 e. The average molecular weight is 415 g/mol. The Balaban J connectivity index is 3.55. The summed E-state index contributed by atoms with van der Waals surface area (Å²) in [6, 6.07) is 0. The first kappa shape index (κ1) is 27.9. The van der Waals surface area contributed by atoms with Gasteiger partial charge in [-0.2, -0.15) is 0 Å². The van der Waals surface area contributed by atoms with E-state index in [4.69, 9.17) is 4.74 Å². The molecule has 0 aliphatic carbocycles. The van der Waals surface area contributed by atoms with Gasteiger partial charge in [-0.1, -0.05) is 103 Å². The third-order valence-corrected chi connectivity index (χ3v) is 5.63. The minimum absolute atomic E-state index is 0.277. The van der Waals surface area contributed by atoms with E-state index in [0.717, 1.165) is 12.8 Å². The second-order valence-corrected chi connectivity index (χ2v) is 8.69. The molecule has 0 aliphatic rings. The lowest BCUT2D eigenvalue weighted by Crippen LogP contribution is -2.42. The molecule has 0 aromatic rings. The second-order valence-electron chi connectivity index (χ2n) is 8.69. The van der Waals surface area contributed by atoms with Crippen molar-refractivity contribution < 1.29 is 24.5 Å². The van der Waals surface area contributed by atoms with Crippen molar-refractivity contribution in [2.75, 3.05) is 0 Å². The monoisotopic (exact) mass is 414 g/mol. The number of aliphatic carboxylic acids is 1. The number of carbonyl (C=O) groups excluding carboxylic acids is 1. The number of rotatable bonds is 20. The minimum atomic E-state index is -1.55. The molecule has 0 saturated carbocycles. The van der Waals surface area contributed by atoms with E-state index >= 15 is 0 Å². The summed E-state index contributed by atoms with van der Waals surface area (Å²) in [4.78, 5) is 22.9. The van der Waals surface area contributed by atoms with Gasteiger partial charge in [-0.25, -0.2) is 9.59 Å². The predicted molar refractivity (Wildman–Crippen MR) is 118 cm³/mol. The molecule has 2 unspecified atom stereocenters. The zero-order chi connectivity index (χ0) is 22.0. The van der Waals surface area contributed by atoms with Crippen LogP contribution >= 0.6 is 0 Å². The molecule has 0 saturated heterocycles. The summed E-state index contributed by atoms with van der Waals surface area (Å²) in [6.07, 6.45) is 19.1. The van der Waals surface area contributed by atoms with Crippen LogP contribution in [0.3, 0.4) is 0 Å². The molecule has 2 N–H and O–H groups in total. The zero-order valence-electron chi connectivity index (χ0n) is 19.2. The fraction of sp³-hybridized carbons (Fsp3) is 0.917. The molecular weight excluding hydrogens is 368 g/mol. The maximum absolute atomic E-state index is 11.5. The third-order valence-electron chi connectivity index (χ3n) is 5.63. The Hall–Kier alpha value is -1.10. The van der Waals surface area contributed by atoms with Crippen LogP contribution in [-0.2, 0) is 14.3 Å². The number of ether oxygens (including phenoxy) is 1. The molecule has 5 heteroatoms.